The molecule has 0 spiro atoms. The lowest BCUT2D eigenvalue weighted by Crippen LogP contribution is -2.36. The molecular weight excluding hydrogens is 597 g/mol. The van der Waals surface area contributed by atoms with Gasteiger partial charge in [0.2, 0.25) is 0 Å². The molecule has 5 rings (SSSR count). The number of aromatic nitrogens is 5. The van der Waals surface area contributed by atoms with Crippen molar-refractivity contribution in [1.29, 1.82) is 0 Å². The number of anilines is 1. The van der Waals surface area contributed by atoms with Crippen LogP contribution in [0.2, 0.25) is 10.0 Å². The number of aryl methyl sites for hydroxylation is 1. The zero-order valence-corrected chi connectivity index (χ0v) is 22.2. The number of carbonyl (C=O) groups excluding carboxylic acids is 1. The smallest absolute Gasteiger partial charge is 0.304 e. The van der Waals surface area contributed by atoms with E-state index in [0.29, 0.717) is 21.8 Å². The first-order valence-corrected chi connectivity index (χ1v) is 12.4. The molecule has 0 aliphatic carbocycles. The van der Waals surface area contributed by atoms with E-state index in [-0.39, 0.29) is 28.1 Å². The van der Waals surface area contributed by atoms with E-state index in [1.54, 1.807) is 29.8 Å². The van der Waals surface area contributed by atoms with Crippen LogP contribution >= 0.6 is 23.2 Å². The number of hydrogen-bond donors (Lipinski definition) is 1. The number of alkyl halides is 5. The predicted octanol–water partition coefficient (Wildman–Crippen LogP) is 7.30. The number of benzene rings is 2. The normalized spacial score (nSPS) is 12.2. The van der Waals surface area contributed by atoms with Gasteiger partial charge in [0, 0.05) is 23.4 Å². The van der Waals surface area contributed by atoms with Crippen LogP contribution in [-0.2, 0) is 12.5 Å². The van der Waals surface area contributed by atoms with Gasteiger partial charge in [-0.2, -0.15) is 32.1 Å². The molecule has 0 fully saturated rings. The molecule has 1 N–H and O–H groups in total. The zero-order chi connectivity index (χ0) is 29.7. The third-order valence-electron chi connectivity index (χ3n) is 6.02. The predicted molar refractivity (Wildman–Crippen MR) is 139 cm³/mol. The van der Waals surface area contributed by atoms with E-state index in [4.69, 9.17) is 23.2 Å². The largest absolute Gasteiger partial charge is 0.459 e. The number of nitrogens with zero attached hydrogens (tertiary/aromatic N) is 5. The first-order valence-electron chi connectivity index (χ1n) is 11.6. The summed E-state index contributed by atoms with van der Waals surface area (Å²) in [5.74, 6) is -6.86. The van der Waals surface area contributed by atoms with Gasteiger partial charge in [0.15, 0.2) is 17.2 Å². The number of fused-ring (bicyclic) bond motifs is 1. The third kappa shape index (κ3) is 5.59. The summed E-state index contributed by atoms with van der Waals surface area (Å²) in [6.07, 6.45) is -5.98. The van der Waals surface area contributed by atoms with Crippen LogP contribution in [0.3, 0.4) is 0 Å². The van der Waals surface area contributed by atoms with Crippen molar-refractivity contribution in [2.24, 2.45) is 0 Å². The number of halogens is 8. The molecule has 212 valence electrons. The van der Waals surface area contributed by atoms with Gasteiger partial charge in [0.05, 0.1) is 22.3 Å². The number of hydrogen-bond acceptors (Lipinski definition) is 4. The fraction of sp³-hybridized carbons (Fsp3) is 0.154. The Morgan fingerprint density at radius 3 is 2.29 bits per heavy atom. The first-order chi connectivity index (χ1) is 19.2. The summed E-state index contributed by atoms with van der Waals surface area (Å²) < 4.78 is 84.4. The van der Waals surface area contributed by atoms with Crippen LogP contribution < -0.4 is 5.32 Å². The minimum atomic E-state index is -5.98. The molecule has 1 amide bonds. The highest BCUT2D eigenvalue weighted by Crippen LogP contribution is 2.44. The maximum Gasteiger partial charge on any atom is 0.459 e. The van der Waals surface area contributed by atoms with Gasteiger partial charge < -0.3 is 5.32 Å². The fourth-order valence-corrected chi connectivity index (χ4v) is 4.27. The quantitative estimate of drug-likeness (QED) is 0.204. The minimum Gasteiger partial charge on any atom is -0.304 e. The average molecular weight is 613 g/mol. The molecule has 0 radical (unpaired) electrons. The van der Waals surface area contributed by atoms with Crippen molar-refractivity contribution in [2.75, 3.05) is 5.32 Å². The standard InChI is InChI=1S/C26H16Cl2F6N6O/c1-13-8-22(38-39(13)12-14-2-7-17(27)18(28)9-14)36-24(41)20-11-23-35-19(15-3-5-16(29)6-4-15)10-21(40(23)37-20)25(30,31)26(32,33)34/h2-11H,12H2,1H3,(H,36,38,41). The van der Waals surface area contributed by atoms with E-state index in [2.05, 4.69) is 20.5 Å². The molecule has 0 aliphatic heterocycles. The SMILES string of the molecule is Cc1cc(NC(=O)c2cc3nc(-c4ccc(F)cc4)cc(C(F)(F)C(F)(F)F)n3n2)nn1Cc1ccc(Cl)c(Cl)c1. The Morgan fingerprint density at radius 1 is 0.927 bits per heavy atom. The van der Waals surface area contributed by atoms with Crippen molar-refractivity contribution < 1.29 is 31.1 Å². The van der Waals surface area contributed by atoms with Gasteiger partial charge in [-0.1, -0.05) is 29.3 Å². The highest BCUT2D eigenvalue weighted by atomic mass is 35.5. The monoisotopic (exact) mass is 612 g/mol. The van der Waals surface area contributed by atoms with Gasteiger partial charge in [-0.3, -0.25) is 9.48 Å². The van der Waals surface area contributed by atoms with E-state index in [1.165, 1.54) is 18.2 Å². The first kappa shape index (κ1) is 28.4. The van der Waals surface area contributed by atoms with E-state index in [1.807, 2.05) is 0 Å². The van der Waals surface area contributed by atoms with Crippen LogP contribution in [0.4, 0.5) is 32.2 Å². The fourth-order valence-electron chi connectivity index (χ4n) is 3.95. The van der Waals surface area contributed by atoms with E-state index in [0.717, 1.165) is 23.8 Å². The van der Waals surface area contributed by atoms with Crippen LogP contribution in [0.15, 0.2) is 60.7 Å². The summed E-state index contributed by atoms with van der Waals surface area (Å²) in [5.41, 5.74) is -1.36. The molecule has 0 saturated heterocycles. The number of carbonyl (C=O) groups is 1. The van der Waals surface area contributed by atoms with Crippen LogP contribution in [0.1, 0.15) is 27.4 Å². The lowest BCUT2D eigenvalue weighted by Gasteiger charge is -2.21. The van der Waals surface area contributed by atoms with Crippen molar-refractivity contribution in [3.8, 4) is 11.3 Å². The summed E-state index contributed by atoms with van der Waals surface area (Å²) in [4.78, 5) is 17.0. The summed E-state index contributed by atoms with van der Waals surface area (Å²) in [6.45, 7) is 2.00. The highest BCUT2D eigenvalue weighted by Gasteiger charge is 2.60. The molecule has 3 heterocycles. The van der Waals surface area contributed by atoms with E-state index in [9.17, 15) is 31.1 Å². The van der Waals surface area contributed by atoms with Crippen molar-refractivity contribution in [3.05, 3.63) is 99.2 Å². The second-order valence-corrected chi connectivity index (χ2v) is 9.75. The average Bonchev–Trinajstić information content (AvgIpc) is 3.48. The molecule has 15 heteroatoms. The van der Waals surface area contributed by atoms with Crippen LogP contribution in [0.5, 0.6) is 0 Å². The Balaban J connectivity index is 1.48. The molecular formula is C26H16Cl2F6N6O. The lowest BCUT2D eigenvalue weighted by atomic mass is 10.1. The van der Waals surface area contributed by atoms with E-state index < -0.39 is 40.9 Å². The second kappa shape index (κ2) is 10.4. The maximum atomic E-state index is 14.6. The Morgan fingerprint density at radius 2 is 1.63 bits per heavy atom. The number of rotatable bonds is 6. The highest BCUT2D eigenvalue weighted by molar-refractivity contribution is 6.42. The topological polar surface area (TPSA) is 77.1 Å². The second-order valence-electron chi connectivity index (χ2n) is 8.94. The van der Waals surface area contributed by atoms with Crippen molar-refractivity contribution >= 4 is 40.6 Å². The molecule has 3 aromatic heterocycles. The Hall–Kier alpha value is -4.10. The molecule has 0 aliphatic rings. The van der Waals surface area contributed by atoms with Crippen LogP contribution in [-0.4, -0.2) is 36.5 Å². The van der Waals surface area contributed by atoms with Crippen molar-refractivity contribution in [3.63, 3.8) is 0 Å². The molecule has 7 nitrogen and oxygen atoms in total. The lowest BCUT2D eigenvalue weighted by molar-refractivity contribution is -0.291. The van der Waals surface area contributed by atoms with Gasteiger partial charge in [-0.15, -0.1) is 0 Å². The van der Waals surface area contributed by atoms with Gasteiger partial charge >= 0.3 is 12.1 Å². The Kier molecular flexibility index (Phi) is 7.20. The number of amides is 1. The zero-order valence-electron chi connectivity index (χ0n) is 20.6. The van der Waals surface area contributed by atoms with Gasteiger partial charge in [0.25, 0.3) is 5.91 Å². The van der Waals surface area contributed by atoms with Crippen molar-refractivity contribution in [1.82, 2.24) is 24.4 Å². The summed E-state index contributed by atoms with van der Waals surface area (Å²) >= 11 is 12.0. The number of nitrogens with one attached hydrogen (secondary N) is 1. The summed E-state index contributed by atoms with van der Waals surface area (Å²) in [7, 11) is 0. The van der Waals surface area contributed by atoms with Gasteiger partial charge in [-0.05, 0) is 55.0 Å². The Labute approximate surface area is 237 Å². The third-order valence-corrected chi connectivity index (χ3v) is 6.76. The van der Waals surface area contributed by atoms with Crippen molar-refractivity contribution in [2.45, 2.75) is 25.6 Å². The molecule has 41 heavy (non-hydrogen) atoms. The molecule has 0 bridgehead atoms. The molecule has 0 unspecified atom stereocenters. The molecule has 5 aromatic rings. The Bertz CT molecular complexity index is 1780. The molecule has 2 aromatic carbocycles. The van der Waals surface area contributed by atoms with E-state index >= 15 is 0 Å². The van der Waals surface area contributed by atoms with Crippen LogP contribution in [0.25, 0.3) is 16.9 Å². The minimum absolute atomic E-state index is 0.0725. The van der Waals surface area contributed by atoms with Crippen LogP contribution in [0, 0.1) is 12.7 Å². The summed E-state index contributed by atoms with van der Waals surface area (Å²) in [6, 6.07) is 12.3. The van der Waals surface area contributed by atoms with Gasteiger partial charge in [0.1, 0.15) is 11.5 Å². The summed E-state index contributed by atoms with van der Waals surface area (Å²) in [5, 5.41) is 11.2. The van der Waals surface area contributed by atoms with Gasteiger partial charge in [-0.25, -0.2) is 13.9 Å². The maximum absolute atomic E-state index is 14.6. The molecule has 0 saturated carbocycles. The molecule has 0 atom stereocenters.